The Labute approximate surface area is 77.2 Å². The second kappa shape index (κ2) is 5.78. The average molecular weight is 174 g/mol. The standard InChI is InChI=1S/C10H10N2O/c11-7-4-8-13-12-9-10-5-2-1-3-6-10/h1-3,5-6,9H,4,8H2/b12-9+. The molecule has 3 heteroatoms. The third-order valence-electron chi connectivity index (χ3n) is 1.38. The van der Waals surface area contributed by atoms with Crippen molar-refractivity contribution in [1.29, 1.82) is 5.26 Å². The number of hydrogen-bond acceptors (Lipinski definition) is 3. The smallest absolute Gasteiger partial charge is 0.130 e. The minimum Gasteiger partial charge on any atom is -0.395 e. The highest BCUT2D eigenvalue weighted by Gasteiger charge is 1.84. The molecule has 0 aliphatic carbocycles. The van der Waals surface area contributed by atoms with Crippen molar-refractivity contribution in [2.24, 2.45) is 5.16 Å². The van der Waals surface area contributed by atoms with Crippen LogP contribution in [0.3, 0.4) is 0 Å². The van der Waals surface area contributed by atoms with Crippen molar-refractivity contribution in [1.82, 2.24) is 0 Å². The van der Waals surface area contributed by atoms with Crippen LogP contribution in [0.4, 0.5) is 0 Å². The van der Waals surface area contributed by atoms with Gasteiger partial charge in [-0.2, -0.15) is 5.26 Å². The summed E-state index contributed by atoms with van der Waals surface area (Å²) in [5, 5.41) is 11.9. The molecular formula is C10H10N2O. The fraction of sp³-hybridized carbons (Fsp3) is 0.200. The average Bonchev–Trinajstić information content (AvgIpc) is 2.19. The zero-order valence-corrected chi connectivity index (χ0v) is 7.18. The minimum absolute atomic E-state index is 0.347. The van der Waals surface area contributed by atoms with Crippen molar-refractivity contribution < 1.29 is 4.84 Å². The lowest BCUT2D eigenvalue weighted by molar-refractivity contribution is 0.152. The van der Waals surface area contributed by atoms with Gasteiger partial charge in [-0.05, 0) is 5.56 Å². The maximum Gasteiger partial charge on any atom is 0.130 e. The first-order valence-electron chi connectivity index (χ1n) is 4.01. The van der Waals surface area contributed by atoms with E-state index in [1.165, 1.54) is 0 Å². The summed E-state index contributed by atoms with van der Waals surface area (Å²) in [6.45, 7) is 0.347. The summed E-state index contributed by atoms with van der Waals surface area (Å²) in [7, 11) is 0. The summed E-state index contributed by atoms with van der Waals surface area (Å²) < 4.78 is 0. The summed E-state index contributed by atoms with van der Waals surface area (Å²) in [5.41, 5.74) is 0.986. The van der Waals surface area contributed by atoms with Crippen LogP contribution in [0, 0.1) is 11.3 Å². The minimum atomic E-state index is 0.347. The molecule has 1 rings (SSSR count). The quantitative estimate of drug-likeness (QED) is 0.398. The van der Waals surface area contributed by atoms with Gasteiger partial charge in [0.15, 0.2) is 0 Å². The van der Waals surface area contributed by atoms with E-state index in [0.717, 1.165) is 5.56 Å². The molecule has 0 radical (unpaired) electrons. The van der Waals surface area contributed by atoms with E-state index in [1.807, 2.05) is 36.4 Å². The fourth-order valence-corrected chi connectivity index (χ4v) is 0.781. The number of benzene rings is 1. The van der Waals surface area contributed by atoms with Crippen LogP contribution in [0.2, 0.25) is 0 Å². The van der Waals surface area contributed by atoms with E-state index >= 15 is 0 Å². The van der Waals surface area contributed by atoms with Crippen molar-refractivity contribution in [3.8, 4) is 6.07 Å². The normalized spacial score (nSPS) is 9.77. The van der Waals surface area contributed by atoms with Gasteiger partial charge in [0.1, 0.15) is 6.61 Å². The molecular weight excluding hydrogens is 164 g/mol. The van der Waals surface area contributed by atoms with Crippen LogP contribution in [0.1, 0.15) is 12.0 Å². The molecule has 0 bridgehead atoms. The highest BCUT2D eigenvalue weighted by molar-refractivity contribution is 5.78. The van der Waals surface area contributed by atoms with Gasteiger partial charge in [-0.25, -0.2) is 0 Å². The molecule has 3 nitrogen and oxygen atoms in total. The first-order valence-corrected chi connectivity index (χ1v) is 4.01. The number of nitrogens with zero attached hydrogens (tertiary/aromatic N) is 2. The van der Waals surface area contributed by atoms with Gasteiger partial charge >= 0.3 is 0 Å². The molecule has 0 saturated heterocycles. The summed E-state index contributed by atoms with van der Waals surface area (Å²) in [4.78, 5) is 4.82. The Morgan fingerprint density at radius 3 is 2.85 bits per heavy atom. The molecule has 0 aromatic heterocycles. The van der Waals surface area contributed by atoms with Crippen LogP contribution >= 0.6 is 0 Å². The highest BCUT2D eigenvalue weighted by atomic mass is 16.6. The van der Waals surface area contributed by atoms with E-state index in [9.17, 15) is 0 Å². The van der Waals surface area contributed by atoms with Crippen molar-refractivity contribution >= 4 is 6.21 Å². The predicted molar refractivity (Wildman–Crippen MR) is 50.2 cm³/mol. The second-order valence-electron chi connectivity index (χ2n) is 2.39. The topological polar surface area (TPSA) is 45.4 Å². The van der Waals surface area contributed by atoms with Crippen molar-refractivity contribution in [2.75, 3.05) is 6.61 Å². The van der Waals surface area contributed by atoms with E-state index in [-0.39, 0.29) is 0 Å². The maximum absolute atomic E-state index is 8.20. The molecule has 0 aliphatic rings. The van der Waals surface area contributed by atoms with Crippen LogP contribution < -0.4 is 0 Å². The third kappa shape index (κ3) is 3.92. The molecule has 1 aromatic carbocycles. The molecule has 66 valence electrons. The maximum atomic E-state index is 8.20. The van der Waals surface area contributed by atoms with E-state index in [0.29, 0.717) is 13.0 Å². The molecule has 0 N–H and O–H groups in total. The van der Waals surface area contributed by atoms with Gasteiger partial charge in [0.2, 0.25) is 0 Å². The van der Waals surface area contributed by atoms with Crippen molar-refractivity contribution in [2.45, 2.75) is 6.42 Å². The molecule has 13 heavy (non-hydrogen) atoms. The van der Waals surface area contributed by atoms with Gasteiger partial charge in [0.05, 0.1) is 18.7 Å². The Kier molecular flexibility index (Phi) is 4.12. The number of hydrogen-bond donors (Lipinski definition) is 0. The molecule has 0 aliphatic heterocycles. The van der Waals surface area contributed by atoms with Gasteiger partial charge < -0.3 is 4.84 Å². The molecule has 0 spiro atoms. The van der Waals surface area contributed by atoms with Crippen LogP contribution in [0.25, 0.3) is 0 Å². The summed E-state index contributed by atoms with van der Waals surface area (Å²) in [6.07, 6.45) is 1.99. The zero-order valence-electron chi connectivity index (χ0n) is 7.18. The van der Waals surface area contributed by atoms with E-state index < -0.39 is 0 Å². The number of oxime groups is 1. The Balaban J connectivity index is 2.29. The summed E-state index contributed by atoms with van der Waals surface area (Å²) in [5.74, 6) is 0. The van der Waals surface area contributed by atoms with Gasteiger partial charge in [0, 0.05) is 0 Å². The lowest BCUT2D eigenvalue weighted by atomic mass is 10.2. The Morgan fingerprint density at radius 2 is 2.15 bits per heavy atom. The van der Waals surface area contributed by atoms with Gasteiger partial charge in [-0.3, -0.25) is 0 Å². The van der Waals surface area contributed by atoms with E-state index in [4.69, 9.17) is 10.1 Å². The first-order chi connectivity index (χ1) is 6.43. The number of rotatable bonds is 4. The molecule has 0 heterocycles. The van der Waals surface area contributed by atoms with Crippen molar-refractivity contribution in [3.63, 3.8) is 0 Å². The summed E-state index contributed by atoms with van der Waals surface area (Å²) >= 11 is 0. The largest absolute Gasteiger partial charge is 0.395 e. The van der Waals surface area contributed by atoms with Gasteiger partial charge in [0.25, 0.3) is 0 Å². The second-order valence-corrected chi connectivity index (χ2v) is 2.39. The van der Waals surface area contributed by atoms with Crippen LogP contribution in [-0.2, 0) is 4.84 Å². The van der Waals surface area contributed by atoms with E-state index in [2.05, 4.69) is 5.16 Å². The molecule has 0 amide bonds. The van der Waals surface area contributed by atoms with Crippen LogP contribution in [0.15, 0.2) is 35.5 Å². The van der Waals surface area contributed by atoms with Crippen LogP contribution in [0.5, 0.6) is 0 Å². The lowest BCUT2D eigenvalue weighted by Gasteiger charge is -1.92. The SMILES string of the molecule is N#CCCO/N=C/c1ccccc1. The molecule has 1 aromatic rings. The lowest BCUT2D eigenvalue weighted by Crippen LogP contribution is -1.86. The fourth-order valence-electron chi connectivity index (χ4n) is 0.781. The zero-order chi connectivity index (χ0) is 9.36. The van der Waals surface area contributed by atoms with Gasteiger partial charge in [-0.15, -0.1) is 0 Å². The first kappa shape index (κ1) is 9.27. The third-order valence-corrected chi connectivity index (χ3v) is 1.38. The molecule has 0 saturated carbocycles. The molecule has 0 unspecified atom stereocenters. The van der Waals surface area contributed by atoms with Crippen molar-refractivity contribution in [3.05, 3.63) is 35.9 Å². The van der Waals surface area contributed by atoms with E-state index in [1.54, 1.807) is 6.21 Å². The van der Waals surface area contributed by atoms with Gasteiger partial charge in [-0.1, -0.05) is 35.5 Å². The monoisotopic (exact) mass is 174 g/mol. The molecule has 0 atom stereocenters. The van der Waals surface area contributed by atoms with Crippen LogP contribution in [-0.4, -0.2) is 12.8 Å². The Bertz CT molecular complexity index is 300. The highest BCUT2D eigenvalue weighted by Crippen LogP contribution is 1.94. The predicted octanol–water partition coefficient (Wildman–Crippen LogP) is 1.95. The molecule has 0 fully saturated rings. The number of nitriles is 1. The Hall–Kier alpha value is -1.82. The Morgan fingerprint density at radius 1 is 1.38 bits per heavy atom. The summed E-state index contributed by atoms with van der Waals surface area (Å²) in [6, 6.07) is 11.6.